The van der Waals surface area contributed by atoms with E-state index >= 15 is 0 Å². The third-order valence-electron chi connectivity index (χ3n) is 3.35. The normalized spacial score (nSPS) is 21.7. The molecule has 1 aromatic rings. The molecule has 2 rings (SSSR count). The van der Waals surface area contributed by atoms with E-state index in [1.165, 1.54) is 6.42 Å². The summed E-state index contributed by atoms with van der Waals surface area (Å²) in [5, 5.41) is 3.24. The molecule has 0 aromatic carbocycles. The highest BCUT2D eigenvalue weighted by Crippen LogP contribution is 2.19. The molecule has 1 unspecified atom stereocenters. The van der Waals surface area contributed by atoms with Crippen LogP contribution >= 0.6 is 0 Å². The minimum atomic E-state index is 0.488. The van der Waals surface area contributed by atoms with E-state index in [0.29, 0.717) is 6.04 Å². The molecule has 1 aliphatic rings. The molecule has 1 fully saturated rings. The molecular weight excluding hydrogens is 226 g/mol. The molecule has 0 amide bonds. The van der Waals surface area contributed by atoms with Gasteiger partial charge >= 0.3 is 0 Å². The number of hydrogen-bond donors (Lipinski definition) is 1. The third kappa shape index (κ3) is 3.10. The van der Waals surface area contributed by atoms with E-state index in [-0.39, 0.29) is 0 Å². The van der Waals surface area contributed by atoms with Crippen LogP contribution in [0.3, 0.4) is 0 Å². The molecule has 2 heterocycles. The Morgan fingerprint density at radius 1 is 1.39 bits per heavy atom. The molecule has 18 heavy (non-hydrogen) atoms. The summed E-state index contributed by atoms with van der Waals surface area (Å²) in [7, 11) is 2.18. The van der Waals surface area contributed by atoms with Crippen molar-refractivity contribution >= 4 is 11.6 Å². The lowest BCUT2D eigenvalue weighted by molar-refractivity contribution is 0.337. The van der Waals surface area contributed by atoms with E-state index < -0.39 is 0 Å². The number of aromatic nitrogens is 2. The lowest BCUT2D eigenvalue weighted by atomic mass is 10.2. The Hall–Kier alpha value is -1.36. The molecule has 100 valence electrons. The van der Waals surface area contributed by atoms with Crippen LogP contribution < -0.4 is 10.2 Å². The Balaban J connectivity index is 2.15. The highest BCUT2D eigenvalue weighted by molar-refractivity contribution is 5.49. The molecule has 0 aliphatic carbocycles. The van der Waals surface area contributed by atoms with E-state index in [1.54, 1.807) is 6.33 Å². The standard InChI is InChI=1S/C13H23N5/c1-4-14-12-8-13(16-10-15-12)18-7-5-6-17(3)9-11(18)2/h8,10-11H,4-7,9H2,1-3H3,(H,14,15,16). The number of hydrogen-bond acceptors (Lipinski definition) is 5. The van der Waals surface area contributed by atoms with Crippen LogP contribution in [0.4, 0.5) is 11.6 Å². The molecular formula is C13H23N5. The zero-order valence-corrected chi connectivity index (χ0v) is 11.6. The van der Waals surface area contributed by atoms with Crippen LogP contribution in [-0.2, 0) is 0 Å². The zero-order valence-electron chi connectivity index (χ0n) is 11.6. The lowest BCUT2D eigenvalue weighted by Crippen LogP contribution is -2.38. The van der Waals surface area contributed by atoms with Gasteiger partial charge in [0.25, 0.3) is 0 Å². The Morgan fingerprint density at radius 2 is 2.22 bits per heavy atom. The maximum Gasteiger partial charge on any atom is 0.134 e. The van der Waals surface area contributed by atoms with Crippen molar-refractivity contribution in [1.29, 1.82) is 0 Å². The maximum atomic E-state index is 4.42. The Bertz CT molecular complexity index is 381. The van der Waals surface area contributed by atoms with Crippen LogP contribution in [-0.4, -0.2) is 54.1 Å². The number of rotatable bonds is 3. The molecule has 1 aliphatic heterocycles. The molecule has 0 radical (unpaired) electrons. The minimum absolute atomic E-state index is 0.488. The van der Waals surface area contributed by atoms with Crippen molar-refractivity contribution < 1.29 is 0 Å². The largest absolute Gasteiger partial charge is 0.370 e. The molecule has 1 saturated heterocycles. The summed E-state index contributed by atoms with van der Waals surface area (Å²) in [6.45, 7) is 8.53. The molecule has 5 heteroatoms. The fraction of sp³-hybridized carbons (Fsp3) is 0.692. The van der Waals surface area contributed by atoms with Crippen molar-refractivity contribution in [3.05, 3.63) is 12.4 Å². The third-order valence-corrected chi connectivity index (χ3v) is 3.35. The predicted molar refractivity (Wildman–Crippen MR) is 75.1 cm³/mol. The summed E-state index contributed by atoms with van der Waals surface area (Å²) in [4.78, 5) is 13.4. The van der Waals surface area contributed by atoms with Gasteiger partial charge in [-0.3, -0.25) is 0 Å². The highest BCUT2D eigenvalue weighted by Gasteiger charge is 2.20. The first kappa shape index (κ1) is 13.1. The molecule has 1 N–H and O–H groups in total. The van der Waals surface area contributed by atoms with Crippen LogP contribution in [0.1, 0.15) is 20.3 Å². The summed E-state index contributed by atoms with van der Waals surface area (Å²) >= 11 is 0. The van der Waals surface area contributed by atoms with Gasteiger partial charge in [-0.25, -0.2) is 9.97 Å². The van der Waals surface area contributed by atoms with Crippen molar-refractivity contribution in [2.45, 2.75) is 26.3 Å². The Kier molecular flexibility index (Phi) is 4.36. The van der Waals surface area contributed by atoms with Crippen molar-refractivity contribution in [3.8, 4) is 0 Å². The number of likely N-dealkylation sites (N-methyl/N-ethyl adjacent to an activating group) is 1. The summed E-state index contributed by atoms with van der Waals surface area (Å²) in [5.41, 5.74) is 0. The second kappa shape index (κ2) is 6.00. The van der Waals surface area contributed by atoms with Crippen LogP contribution in [0.2, 0.25) is 0 Å². The first-order valence-corrected chi connectivity index (χ1v) is 6.71. The molecule has 1 aromatic heterocycles. The van der Waals surface area contributed by atoms with Crippen molar-refractivity contribution in [2.75, 3.05) is 43.4 Å². The van der Waals surface area contributed by atoms with E-state index in [0.717, 1.165) is 37.8 Å². The Labute approximate surface area is 109 Å². The second-order valence-corrected chi connectivity index (χ2v) is 4.95. The van der Waals surface area contributed by atoms with Crippen LogP contribution in [0, 0.1) is 0 Å². The maximum absolute atomic E-state index is 4.42. The molecule has 0 spiro atoms. The average Bonchev–Trinajstić information content (AvgIpc) is 2.51. The van der Waals surface area contributed by atoms with Gasteiger partial charge in [0.1, 0.15) is 18.0 Å². The van der Waals surface area contributed by atoms with Gasteiger partial charge in [-0.15, -0.1) is 0 Å². The summed E-state index contributed by atoms with van der Waals surface area (Å²) < 4.78 is 0. The smallest absolute Gasteiger partial charge is 0.134 e. The van der Waals surface area contributed by atoms with Gasteiger partial charge < -0.3 is 15.1 Å². The number of anilines is 2. The highest BCUT2D eigenvalue weighted by atomic mass is 15.3. The average molecular weight is 249 g/mol. The van der Waals surface area contributed by atoms with Gasteiger partial charge in [-0.05, 0) is 33.9 Å². The first-order valence-electron chi connectivity index (χ1n) is 6.71. The fourth-order valence-electron chi connectivity index (χ4n) is 2.49. The molecule has 0 saturated carbocycles. The SMILES string of the molecule is CCNc1cc(N2CCCN(C)CC2C)ncn1. The fourth-order valence-corrected chi connectivity index (χ4v) is 2.49. The van der Waals surface area contributed by atoms with E-state index in [2.05, 4.69) is 46.0 Å². The summed E-state index contributed by atoms with van der Waals surface area (Å²) in [5.74, 6) is 1.94. The van der Waals surface area contributed by atoms with Gasteiger partial charge in [0.2, 0.25) is 0 Å². The monoisotopic (exact) mass is 249 g/mol. The topological polar surface area (TPSA) is 44.3 Å². The minimum Gasteiger partial charge on any atom is -0.370 e. The Morgan fingerprint density at radius 3 is 3.00 bits per heavy atom. The van der Waals surface area contributed by atoms with Gasteiger partial charge in [0, 0.05) is 31.7 Å². The van der Waals surface area contributed by atoms with Gasteiger partial charge in [0.05, 0.1) is 0 Å². The first-order chi connectivity index (χ1) is 8.70. The van der Waals surface area contributed by atoms with E-state index in [1.807, 2.05) is 6.07 Å². The predicted octanol–water partition coefficient (Wildman–Crippen LogP) is 1.44. The van der Waals surface area contributed by atoms with E-state index in [9.17, 15) is 0 Å². The lowest BCUT2D eigenvalue weighted by Gasteiger charge is -2.29. The van der Waals surface area contributed by atoms with E-state index in [4.69, 9.17) is 0 Å². The second-order valence-electron chi connectivity index (χ2n) is 4.95. The molecule has 0 bridgehead atoms. The van der Waals surface area contributed by atoms with Gasteiger partial charge in [-0.2, -0.15) is 0 Å². The van der Waals surface area contributed by atoms with Crippen molar-refractivity contribution in [3.63, 3.8) is 0 Å². The van der Waals surface area contributed by atoms with Crippen molar-refractivity contribution in [2.24, 2.45) is 0 Å². The zero-order chi connectivity index (χ0) is 13.0. The number of nitrogens with one attached hydrogen (secondary N) is 1. The summed E-state index contributed by atoms with van der Waals surface area (Å²) in [6.07, 6.45) is 2.83. The number of nitrogens with zero attached hydrogens (tertiary/aromatic N) is 4. The van der Waals surface area contributed by atoms with Crippen molar-refractivity contribution in [1.82, 2.24) is 14.9 Å². The van der Waals surface area contributed by atoms with Crippen LogP contribution in [0.15, 0.2) is 12.4 Å². The quantitative estimate of drug-likeness (QED) is 0.878. The van der Waals surface area contributed by atoms with Gasteiger partial charge in [0.15, 0.2) is 0 Å². The van der Waals surface area contributed by atoms with Gasteiger partial charge in [-0.1, -0.05) is 0 Å². The van der Waals surface area contributed by atoms with Crippen LogP contribution in [0.5, 0.6) is 0 Å². The molecule has 5 nitrogen and oxygen atoms in total. The summed E-state index contributed by atoms with van der Waals surface area (Å²) in [6, 6.07) is 2.53. The van der Waals surface area contributed by atoms with Crippen LogP contribution in [0.25, 0.3) is 0 Å². The molecule has 1 atom stereocenters.